The van der Waals surface area contributed by atoms with Gasteiger partial charge in [-0.1, -0.05) is 0 Å². The quantitative estimate of drug-likeness (QED) is 0.881. The number of nitrogens with zero attached hydrogens (tertiary/aromatic N) is 2. The van der Waals surface area contributed by atoms with Gasteiger partial charge in [0.1, 0.15) is 4.60 Å². The number of hydrogen-bond acceptors (Lipinski definition) is 4. The van der Waals surface area contributed by atoms with Crippen molar-refractivity contribution in [2.75, 3.05) is 6.54 Å². The molecule has 0 aromatic carbocycles. The van der Waals surface area contributed by atoms with Crippen LogP contribution in [0, 0.1) is 0 Å². The minimum absolute atomic E-state index is 0.0929. The van der Waals surface area contributed by atoms with Crippen LogP contribution in [0.2, 0.25) is 0 Å². The number of halogens is 1. The van der Waals surface area contributed by atoms with E-state index in [9.17, 15) is 4.79 Å². The normalized spacial score (nSPS) is 10.2. The SMILES string of the molecule is O=C(NCCc1nccs1)c1ccnc(Br)c1. The van der Waals surface area contributed by atoms with Gasteiger partial charge in [-0.15, -0.1) is 11.3 Å². The number of carbonyl (C=O) groups is 1. The molecule has 2 heterocycles. The van der Waals surface area contributed by atoms with Crippen LogP contribution in [0.1, 0.15) is 15.4 Å². The number of pyridine rings is 1. The molecule has 0 saturated heterocycles. The minimum atomic E-state index is -0.0929. The Kier molecular flexibility index (Phi) is 4.22. The number of aromatic nitrogens is 2. The van der Waals surface area contributed by atoms with Crippen molar-refractivity contribution in [3.8, 4) is 0 Å². The van der Waals surface area contributed by atoms with E-state index < -0.39 is 0 Å². The summed E-state index contributed by atoms with van der Waals surface area (Å²) < 4.78 is 0.657. The van der Waals surface area contributed by atoms with Crippen LogP contribution in [0.3, 0.4) is 0 Å². The van der Waals surface area contributed by atoms with Gasteiger partial charge in [-0.05, 0) is 28.1 Å². The number of thiazole rings is 1. The van der Waals surface area contributed by atoms with E-state index in [0.717, 1.165) is 11.4 Å². The lowest BCUT2D eigenvalue weighted by Crippen LogP contribution is -2.25. The molecule has 0 aliphatic carbocycles. The third kappa shape index (κ3) is 3.61. The van der Waals surface area contributed by atoms with Gasteiger partial charge in [-0.25, -0.2) is 9.97 Å². The first-order valence-corrected chi connectivity index (χ1v) is 6.71. The average molecular weight is 312 g/mol. The van der Waals surface area contributed by atoms with Crippen molar-refractivity contribution in [2.24, 2.45) is 0 Å². The molecule has 6 heteroatoms. The Hall–Kier alpha value is -1.27. The molecule has 0 aliphatic heterocycles. The molecule has 0 atom stereocenters. The largest absolute Gasteiger partial charge is 0.352 e. The van der Waals surface area contributed by atoms with Crippen molar-refractivity contribution < 1.29 is 4.79 Å². The maximum atomic E-state index is 11.7. The fourth-order valence-corrected chi connectivity index (χ4v) is 2.29. The fourth-order valence-electron chi connectivity index (χ4n) is 1.31. The molecular weight excluding hydrogens is 302 g/mol. The molecule has 4 nitrogen and oxygen atoms in total. The van der Waals surface area contributed by atoms with Crippen LogP contribution in [0.25, 0.3) is 0 Å². The number of carbonyl (C=O) groups excluding carboxylic acids is 1. The molecular formula is C11H10BrN3OS. The second-order valence-electron chi connectivity index (χ2n) is 3.30. The third-order valence-corrected chi connectivity index (χ3v) is 3.37. The lowest BCUT2D eigenvalue weighted by Gasteiger charge is -2.03. The van der Waals surface area contributed by atoms with Crippen molar-refractivity contribution in [1.82, 2.24) is 15.3 Å². The molecule has 0 radical (unpaired) electrons. The first-order chi connectivity index (χ1) is 8.25. The third-order valence-electron chi connectivity index (χ3n) is 2.10. The van der Waals surface area contributed by atoms with Gasteiger partial charge in [0.15, 0.2) is 0 Å². The van der Waals surface area contributed by atoms with Crippen LogP contribution < -0.4 is 5.32 Å². The number of rotatable bonds is 4. The summed E-state index contributed by atoms with van der Waals surface area (Å²) >= 11 is 4.82. The molecule has 1 amide bonds. The van der Waals surface area contributed by atoms with Crippen LogP contribution in [-0.2, 0) is 6.42 Å². The highest BCUT2D eigenvalue weighted by molar-refractivity contribution is 9.10. The molecule has 0 bridgehead atoms. The Morgan fingerprint density at radius 1 is 1.41 bits per heavy atom. The van der Waals surface area contributed by atoms with E-state index in [4.69, 9.17) is 0 Å². The van der Waals surface area contributed by atoms with E-state index in [1.807, 2.05) is 5.38 Å². The van der Waals surface area contributed by atoms with Gasteiger partial charge < -0.3 is 5.32 Å². The van der Waals surface area contributed by atoms with Gasteiger partial charge in [0, 0.05) is 36.3 Å². The van der Waals surface area contributed by atoms with Gasteiger partial charge in [-0.3, -0.25) is 4.79 Å². The number of amides is 1. The topological polar surface area (TPSA) is 54.9 Å². The smallest absolute Gasteiger partial charge is 0.251 e. The standard InChI is InChI=1S/C11H10BrN3OS/c12-9-7-8(1-3-13-9)11(16)15-4-2-10-14-5-6-17-10/h1,3,5-7H,2,4H2,(H,15,16). The molecule has 1 N–H and O–H groups in total. The Morgan fingerprint density at radius 2 is 2.29 bits per heavy atom. The first kappa shape index (κ1) is 12.2. The highest BCUT2D eigenvalue weighted by Gasteiger charge is 2.05. The van der Waals surface area contributed by atoms with Crippen molar-refractivity contribution in [3.63, 3.8) is 0 Å². The lowest BCUT2D eigenvalue weighted by molar-refractivity contribution is 0.0954. The average Bonchev–Trinajstić information content (AvgIpc) is 2.82. The van der Waals surface area contributed by atoms with Crippen LogP contribution in [0.15, 0.2) is 34.5 Å². The molecule has 2 rings (SSSR count). The zero-order valence-electron chi connectivity index (χ0n) is 8.89. The summed E-state index contributed by atoms with van der Waals surface area (Å²) in [6, 6.07) is 3.38. The molecule has 0 fully saturated rings. The first-order valence-electron chi connectivity index (χ1n) is 5.04. The van der Waals surface area contributed by atoms with Crippen molar-refractivity contribution in [3.05, 3.63) is 45.1 Å². The predicted octanol–water partition coefficient (Wildman–Crippen LogP) is 2.27. The molecule has 2 aromatic rings. The second-order valence-corrected chi connectivity index (χ2v) is 5.09. The molecule has 17 heavy (non-hydrogen) atoms. The van der Waals surface area contributed by atoms with E-state index in [0.29, 0.717) is 16.7 Å². The van der Waals surface area contributed by atoms with E-state index >= 15 is 0 Å². The maximum absolute atomic E-state index is 11.7. The highest BCUT2D eigenvalue weighted by Crippen LogP contribution is 2.08. The summed E-state index contributed by atoms with van der Waals surface area (Å²) in [4.78, 5) is 19.9. The summed E-state index contributed by atoms with van der Waals surface area (Å²) in [6.45, 7) is 0.590. The van der Waals surface area contributed by atoms with Crippen LogP contribution in [0.5, 0.6) is 0 Å². The second kappa shape index (κ2) is 5.88. The maximum Gasteiger partial charge on any atom is 0.251 e. The Labute approximate surface area is 111 Å². The fraction of sp³-hybridized carbons (Fsp3) is 0.182. The van der Waals surface area contributed by atoms with E-state index in [2.05, 4.69) is 31.2 Å². The summed E-state index contributed by atoms with van der Waals surface area (Å²) in [6.07, 6.45) is 4.12. The van der Waals surface area contributed by atoms with Crippen molar-refractivity contribution in [1.29, 1.82) is 0 Å². The Bertz CT molecular complexity index is 501. The van der Waals surface area contributed by atoms with E-state index in [1.165, 1.54) is 0 Å². The monoisotopic (exact) mass is 311 g/mol. The van der Waals surface area contributed by atoms with Crippen LogP contribution in [0.4, 0.5) is 0 Å². The molecule has 88 valence electrons. The number of hydrogen-bond donors (Lipinski definition) is 1. The summed E-state index contributed by atoms with van der Waals surface area (Å²) in [5, 5.41) is 5.80. The molecule has 0 spiro atoms. The zero-order valence-corrected chi connectivity index (χ0v) is 11.3. The summed E-state index contributed by atoms with van der Waals surface area (Å²) in [7, 11) is 0. The molecule has 0 aliphatic rings. The molecule has 2 aromatic heterocycles. The predicted molar refractivity (Wildman–Crippen MR) is 70.1 cm³/mol. The van der Waals surface area contributed by atoms with Crippen LogP contribution >= 0.6 is 27.3 Å². The van der Waals surface area contributed by atoms with E-state index in [1.54, 1.807) is 35.9 Å². The van der Waals surface area contributed by atoms with Crippen molar-refractivity contribution >= 4 is 33.2 Å². The lowest BCUT2D eigenvalue weighted by atomic mass is 10.2. The van der Waals surface area contributed by atoms with Gasteiger partial charge in [0.05, 0.1) is 5.01 Å². The van der Waals surface area contributed by atoms with Gasteiger partial charge in [0.2, 0.25) is 0 Å². The summed E-state index contributed by atoms with van der Waals surface area (Å²) in [5.41, 5.74) is 0.603. The Balaban J connectivity index is 1.85. The van der Waals surface area contributed by atoms with Gasteiger partial charge in [-0.2, -0.15) is 0 Å². The van der Waals surface area contributed by atoms with Crippen molar-refractivity contribution in [2.45, 2.75) is 6.42 Å². The highest BCUT2D eigenvalue weighted by atomic mass is 79.9. The number of nitrogens with one attached hydrogen (secondary N) is 1. The summed E-state index contributed by atoms with van der Waals surface area (Å²) in [5.74, 6) is -0.0929. The Morgan fingerprint density at radius 3 is 3.00 bits per heavy atom. The van der Waals surface area contributed by atoms with Crippen LogP contribution in [-0.4, -0.2) is 22.4 Å². The van der Waals surface area contributed by atoms with E-state index in [-0.39, 0.29) is 5.91 Å². The zero-order chi connectivity index (χ0) is 12.1. The van der Waals surface area contributed by atoms with Gasteiger partial charge in [0.25, 0.3) is 5.91 Å². The molecule has 0 unspecified atom stereocenters. The van der Waals surface area contributed by atoms with Gasteiger partial charge >= 0.3 is 0 Å². The minimum Gasteiger partial charge on any atom is -0.352 e. The molecule has 0 saturated carbocycles.